The van der Waals surface area contributed by atoms with Gasteiger partial charge in [-0.05, 0) is 31.9 Å². The first-order valence-corrected chi connectivity index (χ1v) is 6.41. The summed E-state index contributed by atoms with van der Waals surface area (Å²) >= 11 is 0. The van der Waals surface area contributed by atoms with Crippen LogP contribution in [0.4, 0.5) is 6.01 Å². The summed E-state index contributed by atoms with van der Waals surface area (Å²) in [4.78, 5) is 4.34. The fourth-order valence-electron chi connectivity index (χ4n) is 1.95. The molecule has 0 radical (unpaired) electrons. The third-order valence-electron chi connectivity index (χ3n) is 3.12. The monoisotopic (exact) mass is 263 g/mol. The number of methoxy groups -OCH3 is 1. The van der Waals surface area contributed by atoms with Gasteiger partial charge in [0.05, 0.1) is 6.61 Å². The molecule has 6 heteroatoms. The van der Waals surface area contributed by atoms with E-state index >= 15 is 0 Å². The molecule has 0 saturated heterocycles. The van der Waals surface area contributed by atoms with Crippen LogP contribution in [0.15, 0.2) is 21.1 Å². The first kappa shape index (κ1) is 12.2. The van der Waals surface area contributed by atoms with Crippen LogP contribution in [-0.2, 0) is 4.74 Å². The molecule has 1 aliphatic rings. The Balaban J connectivity index is 1.72. The quantitative estimate of drug-likeness (QED) is 0.863. The summed E-state index contributed by atoms with van der Waals surface area (Å²) in [5.74, 6) is 2.92. The molecule has 1 aliphatic carbocycles. The molecule has 0 amide bonds. The minimum atomic E-state index is -0.133. The molecule has 2 aromatic heterocycles. The zero-order chi connectivity index (χ0) is 13.2. The molecule has 1 N–H and O–H groups in total. The van der Waals surface area contributed by atoms with Crippen molar-refractivity contribution < 1.29 is 13.7 Å². The highest BCUT2D eigenvalue weighted by Gasteiger charge is 2.29. The van der Waals surface area contributed by atoms with E-state index in [0.717, 1.165) is 30.2 Å². The van der Waals surface area contributed by atoms with Gasteiger partial charge < -0.3 is 19.0 Å². The largest absolute Gasteiger partial charge is 0.464 e. The maximum Gasteiger partial charge on any atom is 0.322 e. The van der Waals surface area contributed by atoms with Crippen molar-refractivity contribution in [3.63, 3.8) is 0 Å². The van der Waals surface area contributed by atoms with E-state index in [9.17, 15) is 0 Å². The van der Waals surface area contributed by atoms with Gasteiger partial charge >= 0.3 is 6.01 Å². The summed E-state index contributed by atoms with van der Waals surface area (Å²) in [6.07, 6.45) is 2.30. The van der Waals surface area contributed by atoms with Crippen LogP contribution in [-0.4, -0.2) is 23.9 Å². The number of nitrogens with one attached hydrogen (secondary N) is 1. The SMILES string of the molecule is COC[C@H](Nc1nc(C2CC2)no1)c1ccc(C)o1. The van der Waals surface area contributed by atoms with Crippen molar-refractivity contribution in [3.8, 4) is 0 Å². The van der Waals surface area contributed by atoms with E-state index < -0.39 is 0 Å². The molecule has 0 spiro atoms. The summed E-state index contributed by atoms with van der Waals surface area (Å²) in [5.41, 5.74) is 0. The summed E-state index contributed by atoms with van der Waals surface area (Å²) in [5, 5.41) is 7.12. The number of nitrogens with zero attached hydrogens (tertiary/aromatic N) is 2. The number of hydrogen-bond acceptors (Lipinski definition) is 6. The Morgan fingerprint density at radius 1 is 1.47 bits per heavy atom. The smallest absolute Gasteiger partial charge is 0.322 e. The fourth-order valence-corrected chi connectivity index (χ4v) is 1.95. The van der Waals surface area contributed by atoms with Crippen molar-refractivity contribution in [1.29, 1.82) is 0 Å². The Bertz CT molecular complexity index is 545. The van der Waals surface area contributed by atoms with E-state index in [0.29, 0.717) is 18.5 Å². The molecule has 102 valence electrons. The van der Waals surface area contributed by atoms with Gasteiger partial charge in [0.2, 0.25) is 0 Å². The van der Waals surface area contributed by atoms with Gasteiger partial charge in [-0.2, -0.15) is 4.98 Å². The van der Waals surface area contributed by atoms with Gasteiger partial charge in [-0.3, -0.25) is 0 Å². The van der Waals surface area contributed by atoms with Gasteiger partial charge in [0.25, 0.3) is 0 Å². The van der Waals surface area contributed by atoms with Crippen LogP contribution in [0.3, 0.4) is 0 Å². The number of hydrogen-bond donors (Lipinski definition) is 1. The molecule has 1 saturated carbocycles. The van der Waals surface area contributed by atoms with E-state index in [-0.39, 0.29) is 6.04 Å². The van der Waals surface area contributed by atoms with Crippen LogP contribution in [0.1, 0.15) is 42.1 Å². The van der Waals surface area contributed by atoms with Crippen LogP contribution in [0.25, 0.3) is 0 Å². The normalized spacial score (nSPS) is 16.5. The highest BCUT2D eigenvalue weighted by atomic mass is 16.5. The zero-order valence-corrected chi connectivity index (χ0v) is 11.0. The first-order chi connectivity index (χ1) is 9.26. The van der Waals surface area contributed by atoms with Crippen molar-refractivity contribution in [1.82, 2.24) is 10.1 Å². The van der Waals surface area contributed by atoms with Crippen LogP contribution < -0.4 is 5.32 Å². The second kappa shape index (κ2) is 5.05. The Morgan fingerprint density at radius 2 is 2.32 bits per heavy atom. The molecule has 1 fully saturated rings. The maximum atomic E-state index is 5.60. The lowest BCUT2D eigenvalue weighted by atomic mass is 10.2. The molecule has 19 heavy (non-hydrogen) atoms. The van der Waals surface area contributed by atoms with Gasteiger partial charge in [0.1, 0.15) is 17.6 Å². The summed E-state index contributed by atoms with van der Waals surface area (Å²) in [6.45, 7) is 2.37. The second-order valence-electron chi connectivity index (χ2n) is 4.83. The molecule has 0 aliphatic heterocycles. The number of rotatable bonds is 6. The van der Waals surface area contributed by atoms with E-state index in [2.05, 4.69) is 15.5 Å². The zero-order valence-electron chi connectivity index (χ0n) is 11.0. The van der Waals surface area contributed by atoms with Gasteiger partial charge in [0.15, 0.2) is 5.82 Å². The Kier molecular flexibility index (Phi) is 3.25. The van der Waals surface area contributed by atoms with Crippen molar-refractivity contribution >= 4 is 6.01 Å². The first-order valence-electron chi connectivity index (χ1n) is 6.41. The van der Waals surface area contributed by atoms with Crippen molar-refractivity contribution in [3.05, 3.63) is 29.5 Å². The predicted octanol–water partition coefficient (Wildman–Crippen LogP) is 2.65. The van der Waals surface area contributed by atoms with Gasteiger partial charge in [-0.25, -0.2) is 0 Å². The van der Waals surface area contributed by atoms with Crippen LogP contribution in [0.5, 0.6) is 0 Å². The van der Waals surface area contributed by atoms with E-state index in [1.54, 1.807) is 7.11 Å². The molecule has 0 unspecified atom stereocenters. The van der Waals surface area contributed by atoms with Gasteiger partial charge in [-0.1, -0.05) is 5.16 Å². The summed E-state index contributed by atoms with van der Waals surface area (Å²) in [6, 6.07) is 4.12. The van der Waals surface area contributed by atoms with Crippen LogP contribution >= 0.6 is 0 Å². The number of ether oxygens (including phenoxy) is 1. The summed E-state index contributed by atoms with van der Waals surface area (Å²) in [7, 11) is 1.65. The topological polar surface area (TPSA) is 73.3 Å². The number of anilines is 1. The van der Waals surface area contributed by atoms with E-state index in [1.807, 2.05) is 19.1 Å². The molecule has 1 atom stereocenters. The molecular weight excluding hydrogens is 246 g/mol. The molecule has 3 rings (SSSR count). The molecule has 2 heterocycles. The standard InChI is InChI=1S/C13H17N3O3/c1-8-3-6-11(18-8)10(7-17-2)14-13-15-12(16-19-13)9-4-5-9/h3,6,9-10H,4-5,7H2,1-2H3,(H,14,15,16)/t10-/m0/s1. The lowest BCUT2D eigenvalue weighted by Gasteiger charge is -2.13. The van der Waals surface area contributed by atoms with E-state index in [4.69, 9.17) is 13.7 Å². The Hall–Kier alpha value is -1.82. The number of aromatic nitrogens is 2. The highest BCUT2D eigenvalue weighted by Crippen LogP contribution is 2.38. The maximum absolute atomic E-state index is 5.60. The van der Waals surface area contributed by atoms with Crippen molar-refractivity contribution in [2.75, 3.05) is 19.0 Å². The van der Waals surface area contributed by atoms with Crippen molar-refractivity contribution in [2.45, 2.75) is 31.7 Å². The fraction of sp³-hybridized carbons (Fsp3) is 0.538. The third-order valence-corrected chi connectivity index (χ3v) is 3.12. The lowest BCUT2D eigenvalue weighted by molar-refractivity contribution is 0.177. The molecule has 6 nitrogen and oxygen atoms in total. The van der Waals surface area contributed by atoms with Crippen molar-refractivity contribution in [2.24, 2.45) is 0 Å². The van der Waals surface area contributed by atoms with Gasteiger partial charge in [0, 0.05) is 13.0 Å². The molecule has 2 aromatic rings. The Morgan fingerprint density at radius 3 is 2.95 bits per heavy atom. The average molecular weight is 263 g/mol. The number of furan rings is 1. The summed E-state index contributed by atoms with van der Waals surface area (Å²) < 4.78 is 16.0. The minimum absolute atomic E-state index is 0.133. The molecular formula is C13H17N3O3. The molecule has 0 bridgehead atoms. The average Bonchev–Trinajstić information content (AvgIpc) is 2.99. The lowest BCUT2D eigenvalue weighted by Crippen LogP contribution is -2.15. The van der Waals surface area contributed by atoms with Gasteiger partial charge in [-0.15, -0.1) is 0 Å². The van der Waals surface area contributed by atoms with E-state index in [1.165, 1.54) is 0 Å². The van der Waals surface area contributed by atoms with Crippen LogP contribution in [0, 0.1) is 6.92 Å². The Labute approximate surface area is 111 Å². The predicted molar refractivity (Wildman–Crippen MR) is 68.0 cm³/mol. The second-order valence-corrected chi connectivity index (χ2v) is 4.83. The molecule has 0 aromatic carbocycles. The number of aryl methyl sites for hydroxylation is 1. The minimum Gasteiger partial charge on any atom is -0.464 e. The highest BCUT2D eigenvalue weighted by molar-refractivity contribution is 5.26. The van der Waals surface area contributed by atoms with Crippen LogP contribution in [0.2, 0.25) is 0 Å². The third kappa shape index (κ3) is 2.78.